The Morgan fingerprint density at radius 3 is 2.93 bits per heavy atom. The Balaban J connectivity index is 2.60. The van der Waals surface area contributed by atoms with E-state index in [1.165, 1.54) is 6.20 Å². The fraction of sp³-hybridized carbons (Fsp3) is 0.500. The highest BCUT2D eigenvalue weighted by Crippen LogP contribution is 2.05. The fourth-order valence-corrected chi connectivity index (χ4v) is 1.28. The van der Waals surface area contributed by atoms with E-state index in [1.54, 1.807) is 13.0 Å². The molecular formula is C10H14N4O. The molecule has 0 saturated carbocycles. The maximum absolute atomic E-state index is 9.17. The van der Waals surface area contributed by atoms with Crippen molar-refractivity contribution in [3.05, 3.63) is 18.0 Å². The topological polar surface area (TPSA) is 81.8 Å². The van der Waals surface area contributed by atoms with Gasteiger partial charge in [-0.1, -0.05) is 0 Å². The lowest BCUT2D eigenvalue weighted by molar-refractivity contribution is 0.179. The number of hydrogen-bond donors (Lipinski definition) is 2. The molecule has 0 saturated heterocycles. The number of aliphatic hydroxyl groups excluding tert-OH is 1. The van der Waals surface area contributed by atoms with E-state index >= 15 is 0 Å². The molecule has 15 heavy (non-hydrogen) atoms. The van der Waals surface area contributed by atoms with Crippen LogP contribution in [0.3, 0.4) is 0 Å². The molecule has 0 aliphatic carbocycles. The Labute approximate surface area is 88.8 Å². The van der Waals surface area contributed by atoms with Crippen molar-refractivity contribution in [3.63, 3.8) is 0 Å². The van der Waals surface area contributed by atoms with Gasteiger partial charge in [0.2, 0.25) is 5.95 Å². The van der Waals surface area contributed by atoms with Crippen LogP contribution >= 0.6 is 0 Å². The monoisotopic (exact) mass is 206 g/mol. The fourth-order valence-electron chi connectivity index (χ4n) is 1.28. The van der Waals surface area contributed by atoms with Crippen LogP contribution in [0, 0.1) is 11.3 Å². The Morgan fingerprint density at radius 2 is 2.33 bits per heavy atom. The molecule has 5 heteroatoms. The van der Waals surface area contributed by atoms with Crippen LogP contribution in [0.2, 0.25) is 0 Å². The van der Waals surface area contributed by atoms with Gasteiger partial charge >= 0.3 is 0 Å². The van der Waals surface area contributed by atoms with Crippen LogP contribution in [0.15, 0.2) is 12.3 Å². The van der Waals surface area contributed by atoms with E-state index in [2.05, 4.69) is 15.3 Å². The van der Waals surface area contributed by atoms with Gasteiger partial charge in [-0.15, -0.1) is 0 Å². The predicted octanol–water partition coefficient (Wildman–Crippen LogP) is 0.920. The maximum Gasteiger partial charge on any atom is 0.224 e. The van der Waals surface area contributed by atoms with E-state index in [-0.39, 0.29) is 12.1 Å². The van der Waals surface area contributed by atoms with Crippen molar-refractivity contribution in [3.8, 4) is 6.07 Å². The molecule has 2 unspecified atom stereocenters. The Morgan fingerprint density at radius 1 is 1.60 bits per heavy atom. The van der Waals surface area contributed by atoms with Gasteiger partial charge in [0.1, 0.15) is 11.8 Å². The summed E-state index contributed by atoms with van der Waals surface area (Å²) in [5.41, 5.74) is 0.330. The van der Waals surface area contributed by atoms with Crippen molar-refractivity contribution in [2.45, 2.75) is 32.4 Å². The maximum atomic E-state index is 9.17. The summed E-state index contributed by atoms with van der Waals surface area (Å²) in [4.78, 5) is 7.95. The molecule has 0 amide bonds. The zero-order chi connectivity index (χ0) is 11.3. The van der Waals surface area contributed by atoms with Crippen molar-refractivity contribution in [1.82, 2.24) is 9.97 Å². The molecule has 1 aromatic rings. The number of hydrogen-bond acceptors (Lipinski definition) is 5. The van der Waals surface area contributed by atoms with Gasteiger partial charge in [-0.25, -0.2) is 9.97 Å². The highest BCUT2D eigenvalue weighted by molar-refractivity contribution is 5.30. The lowest BCUT2D eigenvalue weighted by Crippen LogP contribution is -2.21. The van der Waals surface area contributed by atoms with Crippen molar-refractivity contribution in [2.24, 2.45) is 0 Å². The van der Waals surface area contributed by atoms with Gasteiger partial charge in [0.05, 0.1) is 6.10 Å². The standard InChI is InChI=1S/C10H14N4O/c1-7(5-8(2)15)13-10-12-4-3-9(6-11)14-10/h3-4,7-8,15H,5H2,1-2H3,(H,12,13,14). The minimum atomic E-state index is -0.369. The molecular weight excluding hydrogens is 192 g/mol. The number of rotatable bonds is 4. The molecule has 1 aromatic heterocycles. The first kappa shape index (κ1) is 11.4. The van der Waals surface area contributed by atoms with Gasteiger partial charge in [0, 0.05) is 12.2 Å². The molecule has 0 fully saturated rings. The summed E-state index contributed by atoms with van der Waals surface area (Å²) >= 11 is 0. The molecule has 1 rings (SSSR count). The molecule has 0 spiro atoms. The lowest BCUT2D eigenvalue weighted by Gasteiger charge is -2.14. The summed E-state index contributed by atoms with van der Waals surface area (Å²) in [6.07, 6.45) is 1.77. The number of nitriles is 1. The van der Waals surface area contributed by atoms with Crippen molar-refractivity contribution in [1.29, 1.82) is 5.26 Å². The molecule has 1 heterocycles. The first-order valence-electron chi connectivity index (χ1n) is 4.79. The highest BCUT2D eigenvalue weighted by atomic mass is 16.3. The third-order valence-electron chi connectivity index (χ3n) is 1.84. The van der Waals surface area contributed by atoms with Crippen LogP contribution < -0.4 is 5.32 Å². The minimum Gasteiger partial charge on any atom is -0.393 e. The molecule has 2 N–H and O–H groups in total. The summed E-state index contributed by atoms with van der Waals surface area (Å²) in [6.45, 7) is 3.65. The third-order valence-corrected chi connectivity index (χ3v) is 1.84. The van der Waals surface area contributed by atoms with Gasteiger partial charge in [0.15, 0.2) is 0 Å². The summed E-state index contributed by atoms with van der Waals surface area (Å²) in [5.74, 6) is 0.419. The van der Waals surface area contributed by atoms with Gasteiger partial charge in [0.25, 0.3) is 0 Å². The zero-order valence-corrected chi connectivity index (χ0v) is 8.81. The molecule has 2 atom stereocenters. The Bertz CT molecular complexity index is 359. The van der Waals surface area contributed by atoms with Gasteiger partial charge in [-0.2, -0.15) is 5.26 Å². The smallest absolute Gasteiger partial charge is 0.224 e. The van der Waals surface area contributed by atoms with Crippen LogP contribution in [-0.2, 0) is 0 Å². The average molecular weight is 206 g/mol. The number of nitrogens with one attached hydrogen (secondary N) is 1. The molecule has 80 valence electrons. The van der Waals surface area contributed by atoms with Crippen molar-refractivity contribution in [2.75, 3.05) is 5.32 Å². The second kappa shape index (κ2) is 5.27. The van der Waals surface area contributed by atoms with Crippen LogP contribution in [-0.4, -0.2) is 27.2 Å². The second-order valence-corrected chi connectivity index (χ2v) is 3.51. The van der Waals surface area contributed by atoms with E-state index < -0.39 is 0 Å². The normalized spacial score (nSPS) is 14.0. The zero-order valence-electron chi connectivity index (χ0n) is 8.81. The van der Waals surface area contributed by atoms with Gasteiger partial charge in [-0.05, 0) is 26.3 Å². The van der Waals surface area contributed by atoms with Crippen molar-refractivity contribution >= 4 is 5.95 Å². The second-order valence-electron chi connectivity index (χ2n) is 3.51. The summed E-state index contributed by atoms with van der Waals surface area (Å²) in [7, 11) is 0. The van der Waals surface area contributed by atoms with E-state index in [9.17, 15) is 0 Å². The van der Waals surface area contributed by atoms with E-state index in [0.29, 0.717) is 18.1 Å². The molecule has 0 radical (unpaired) electrons. The first-order valence-corrected chi connectivity index (χ1v) is 4.79. The number of aliphatic hydroxyl groups is 1. The molecule has 5 nitrogen and oxygen atoms in total. The van der Waals surface area contributed by atoms with E-state index in [4.69, 9.17) is 10.4 Å². The van der Waals surface area contributed by atoms with E-state index in [1.807, 2.05) is 13.0 Å². The van der Waals surface area contributed by atoms with Crippen LogP contribution in [0.25, 0.3) is 0 Å². The summed E-state index contributed by atoms with van der Waals surface area (Å²) in [5, 5.41) is 20.8. The average Bonchev–Trinajstić information content (AvgIpc) is 2.16. The highest BCUT2D eigenvalue weighted by Gasteiger charge is 2.07. The lowest BCUT2D eigenvalue weighted by atomic mass is 10.2. The Kier molecular flexibility index (Phi) is 4.01. The number of aromatic nitrogens is 2. The molecule has 0 aliphatic heterocycles. The van der Waals surface area contributed by atoms with Gasteiger partial charge < -0.3 is 10.4 Å². The quantitative estimate of drug-likeness (QED) is 0.765. The molecule has 0 aromatic carbocycles. The third kappa shape index (κ3) is 3.92. The predicted molar refractivity (Wildman–Crippen MR) is 56.1 cm³/mol. The van der Waals surface area contributed by atoms with Crippen LogP contribution in [0.5, 0.6) is 0 Å². The van der Waals surface area contributed by atoms with Crippen LogP contribution in [0.4, 0.5) is 5.95 Å². The molecule has 0 aliphatic rings. The SMILES string of the molecule is CC(O)CC(C)Nc1nccc(C#N)n1. The minimum absolute atomic E-state index is 0.0685. The van der Waals surface area contributed by atoms with E-state index in [0.717, 1.165) is 0 Å². The largest absolute Gasteiger partial charge is 0.393 e. The summed E-state index contributed by atoms with van der Waals surface area (Å²) in [6, 6.07) is 3.56. The summed E-state index contributed by atoms with van der Waals surface area (Å²) < 4.78 is 0. The van der Waals surface area contributed by atoms with Gasteiger partial charge in [-0.3, -0.25) is 0 Å². The number of anilines is 1. The van der Waals surface area contributed by atoms with Crippen molar-refractivity contribution < 1.29 is 5.11 Å². The first-order chi connectivity index (χ1) is 7.11. The van der Waals surface area contributed by atoms with Crippen LogP contribution in [0.1, 0.15) is 26.0 Å². The Hall–Kier alpha value is -1.67. The number of nitrogens with zero attached hydrogens (tertiary/aromatic N) is 3. The molecule has 0 bridgehead atoms.